The van der Waals surface area contributed by atoms with Crippen molar-refractivity contribution in [2.24, 2.45) is 0 Å². The van der Waals surface area contributed by atoms with Gasteiger partial charge in [0.25, 0.3) is 0 Å². The summed E-state index contributed by atoms with van der Waals surface area (Å²) >= 11 is 0. The molecule has 0 saturated carbocycles. The predicted molar refractivity (Wildman–Crippen MR) is 229 cm³/mol. The van der Waals surface area contributed by atoms with E-state index in [9.17, 15) is 0 Å². The summed E-state index contributed by atoms with van der Waals surface area (Å²) in [5, 5.41) is 16.4. The molecule has 0 N–H and O–H groups in total. The van der Waals surface area contributed by atoms with Gasteiger partial charge in [0.05, 0.1) is 22.4 Å². The molecule has 14 aromatic rings. The molecule has 6 heteroatoms. The average molecular weight is 715 g/mol. The number of hydrogen-bond acceptors (Lipinski definition) is 4. The molecule has 258 valence electrons. The van der Waals surface area contributed by atoms with Crippen LogP contribution in [-0.4, -0.2) is 19.1 Å². The minimum Gasteiger partial charge on any atom is -0.456 e. The summed E-state index contributed by atoms with van der Waals surface area (Å²) in [5.41, 5.74) is 9.63. The second-order valence-corrected chi connectivity index (χ2v) is 14.9. The molecule has 6 nitrogen and oxygen atoms in total. The van der Waals surface area contributed by atoms with Gasteiger partial charge in [-0.1, -0.05) is 60.7 Å². The van der Waals surface area contributed by atoms with E-state index in [1.54, 1.807) is 0 Å². The van der Waals surface area contributed by atoms with Gasteiger partial charge in [-0.25, -0.2) is 9.97 Å². The molecule has 0 atom stereocenters. The molecule has 0 amide bonds. The smallest absolute Gasteiger partial charge is 0.145 e. The van der Waals surface area contributed by atoms with Gasteiger partial charge < -0.3 is 8.83 Å². The molecule has 0 saturated heterocycles. The number of benzene rings is 8. The first-order valence-corrected chi connectivity index (χ1v) is 18.9. The lowest BCUT2D eigenvalue weighted by molar-refractivity contribution is 0.668. The van der Waals surface area contributed by atoms with Gasteiger partial charge in [-0.15, -0.1) is 0 Å². The topological polar surface area (TPSA) is 61.9 Å². The lowest BCUT2D eigenvalue weighted by atomic mass is 9.90. The Kier molecular flexibility index (Phi) is 5.18. The van der Waals surface area contributed by atoms with Crippen LogP contribution in [0, 0.1) is 0 Å². The van der Waals surface area contributed by atoms with Crippen molar-refractivity contribution in [3.63, 3.8) is 0 Å². The van der Waals surface area contributed by atoms with Gasteiger partial charge in [-0.3, -0.25) is 9.13 Å². The third-order valence-electron chi connectivity index (χ3n) is 12.1. The summed E-state index contributed by atoms with van der Waals surface area (Å²) in [5.74, 6) is 0. The molecule has 0 radical (unpaired) electrons. The molecule has 0 unspecified atom stereocenters. The fraction of sp³-hybridized carbons (Fsp3) is 0. The number of aromatic nitrogens is 4. The van der Waals surface area contributed by atoms with Crippen molar-refractivity contribution in [1.82, 2.24) is 19.1 Å². The molecule has 6 heterocycles. The first-order valence-electron chi connectivity index (χ1n) is 18.9. The van der Waals surface area contributed by atoms with Crippen LogP contribution in [0.15, 0.2) is 167 Å². The maximum absolute atomic E-state index is 6.36. The van der Waals surface area contributed by atoms with Crippen LogP contribution < -0.4 is 0 Å². The van der Waals surface area contributed by atoms with Gasteiger partial charge in [-0.2, -0.15) is 0 Å². The Morgan fingerprint density at radius 1 is 0.339 bits per heavy atom. The predicted octanol–water partition coefficient (Wildman–Crippen LogP) is 13.4. The van der Waals surface area contributed by atoms with E-state index in [1.165, 1.54) is 43.1 Å². The summed E-state index contributed by atoms with van der Waals surface area (Å²) in [4.78, 5) is 9.98. The van der Waals surface area contributed by atoms with Crippen LogP contribution in [0.3, 0.4) is 0 Å². The van der Waals surface area contributed by atoms with Crippen LogP contribution in [0.1, 0.15) is 0 Å². The zero-order valence-corrected chi connectivity index (χ0v) is 29.6. The van der Waals surface area contributed by atoms with Gasteiger partial charge in [0.2, 0.25) is 0 Å². The van der Waals surface area contributed by atoms with Gasteiger partial charge in [0, 0.05) is 67.6 Å². The first kappa shape index (κ1) is 28.8. The highest BCUT2D eigenvalue weighted by molar-refractivity contribution is 6.37. The van der Waals surface area contributed by atoms with E-state index in [4.69, 9.17) is 18.8 Å². The molecular weight excluding hydrogens is 689 g/mol. The van der Waals surface area contributed by atoms with Crippen molar-refractivity contribution in [2.75, 3.05) is 0 Å². The fourth-order valence-corrected chi connectivity index (χ4v) is 9.84. The van der Waals surface area contributed by atoms with Gasteiger partial charge in [0.1, 0.15) is 33.6 Å². The molecule has 0 bridgehead atoms. The van der Waals surface area contributed by atoms with Crippen molar-refractivity contribution in [3.8, 4) is 11.4 Å². The quantitative estimate of drug-likeness (QED) is 0.167. The number of rotatable bonds is 2. The molecule has 0 aliphatic carbocycles. The third-order valence-corrected chi connectivity index (χ3v) is 12.1. The van der Waals surface area contributed by atoms with Crippen molar-refractivity contribution in [1.29, 1.82) is 0 Å². The molecule has 6 aromatic heterocycles. The van der Waals surface area contributed by atoms with Crippen LogP contribution in [0.5, 0.6) is 0 Å². The van der Waals surface area contributed by atoms with E-state index >= 15 is 0 Å². The highest BCUT2D eigenvalue weighted by Crippen LogP contribution is 2.47. The highest BCUT2D eigenvalue weighted by Gasteiger charge is 2.23. The Hall–Kier alpha value is -7.70. The number of hydrogen-bond donors (Lipinski definition) is 0. The second kappa shape index (κ2) is 10.1. The SMILES string of the molecule is c1ccc2c(c1)oc1cc(-n3c4cc5ccc6c7c(ccc(c57)c4c4cccnc43)cc3c6c4cccnc4n3-c3ccc4c(c3)oc3ccccc34)ccc12. The van der Waals surface area contributed by atoms with Crippen LogP contribution >= 0.6 is 0 Å². The molecule has 0 spiro atoms. The molecule has 14 rings (SSSR count). The summed E-state index contributed by atoms with van der Waals surface area (Å²) in [6, 6.07) is 51.9. The Morgan fingerprint density at radius 2 is 0.768 bits per heavy atom. The number of furan rings is 2. The molecule has 8 aromatic carbocycles. The third kappa shape index (κ3) is 3.52. The Balaban J connectivity index is 1.06. The van der Waals surface area contributed by atoms with Gasteiger partial charge in [0.15, 0.2) is 0 Å². The van der Waals surface area contributed by atoms with E-state index in [2.05, 4.69) is 118 Å². The monoisotopic (exact) mass is 714 g/mol. The lowest BCUT2D eigenvalue weighted by Gasteiger charge is -2.15. The van der Waals surface area contributed by atoms with E-state index in [1.807, 2.05) is 48.8 Å². The number of nitrogens with zero attached hydrogens (tertiary/aromatic N) is 4. The minimum absolute atomic E-state index is 0.863. The second-order valence-electron chi connectivity index (χ2n) is 14.9. The standard InChI is InChI=1S/C50H26N4O2/c1-3-11-41-31(7-1)33-19-15-29(25-43(33)55-41)53-39-23-27-13-18-36-46-28(14-17-35(45(27)46)47(39)37-9-5-21-51-49(37)53)24-40-48(36)38-10-6-22-52-50(38)54(40)30-16-20-34-32-8-2-4-12-42(32)56-44(34)26-30/h1-26H. The van der Waals surface area contributed by atoms with E-state index in [-0.39, 0.29) is 0 Å². The molecule has 0 aliphatic heterocycles. The minimum atomic E-state index is 0.863. The summed E-state index contributed by atoms with van der Waals surface area (Å²) in [7, 11) is 0. The average Bonchev–Trinajstić information content (AvgIpc) is 3.99. The van der Waals surface area contributed by atoms with E-state index < -0.39 is 0 Å². The summed E-state index contributed by atoms with van der Waals surface area (Å²) < 4.78 is 17.3. The maximum atomic E-state index is 6.36. The van der Waals surface area contributed by atoms with E-state index in [0.717, 1.165) is 88.4 Å². The largest absolute Gasteiger partial charge is 0.456 e. The van der Waals surface area contributed by atoms with Crippen molar-refractivity contribution in [2.45, 2.75) is 0 Å². The molecule has 0 fully saturated rings. The van der Waals surface area contributed by atoms with Crippen molar-refractivity contribution < 1.29 is 8.83 Å². The number of fused-ring (bicyclic) bond motifs is 14. The van der Waals surface area contributed by atoms with Crippen LogP contribution in [-0.2, 0) is 0 Å². The fourth-order valence-electron chi connectivity index (χ4n) is 9.84. The van der Waals surface area contributed by atoms with Crippen molar-refractivity contribution >= 4 is 120 Å². The molecule has 0 aliphatic rings. The Morgan fingerprint density at radius 3 is 1.27 bits per heavy atom. The Bertz CT molecular complexity index is 3750. The molecular formula is C50H26N4O2. The zero-order chi connectivity index (χ0) is 36.2. The Labute approximate surface area is 316 Å². The van der Waals surface area contributed by atoms with Crippen LogP contribution in [0.2, 0.25) is 0 Å². The number of para-hydroxylation sites is 2. The van der Waals surface area contributed by atoms with Crippen LogP contribution in [0.25, 0.3) is 131 Å². The molecule has 56 heavy (non-hydrogen) atoms. The maximum Gasteiger partial charge on any atom is 0.145 e. The zero-order valence-electron chi connectivity index (χ0n) is 29.6. The summed E-state index contributed by atoms with van der Waals surface area (Å²) in [6.45, 7) is 0. The first-order chi connectivity index (χ1) is 27.8. The lowest BCUT2D eigenvalue weighted by Crippen LogP contribution is -1.96. The normalized spacial score (nSPS) is 12.6. The summed E-state index contributed by atoms with van der Waals surface area (Å²) in [6.07, 6.45) is 3.77. The number of pyridine rings is 2. The van der Waals surface area contributed by atoms with E-state index in [0.29, 0.717) is 0 Å². The van der Waals surface area contributed by atoms with Gasteiger partial charge >= 0.3 is 0 Å². The van der Waals surface area contributed by atoms with Gasteiger partial charge in [-0.05, 0) is 105 Å². The highest BCUT2D eigenvalue weighted by atomic mass is 16.3. The van der Waals surface area contributed by atoms with Crippen molar-refractivity contribution in [3.05, 3.63) is 158 Å². The van der Waals surface area contributed by atoms with Crippen LogP contribution in [0.4, 0.5) is 0 Å².